The van der Waals surface area contributed by atoms with E-state index in [2.05, 4.69) is 5.32 Å². The lowest BCUT2D eigenvalue weighted by Gasteiger charge is -2.20. The second-order valence-corrected chi connectivity index (χ2v) is 10.1. The van der Waals surface area contributed by atoms with Gasteiger partial charge in [-0.15, -0.1) is 11.3 Å². The van der Waals surface area contributed by atoms with E-state index in [9.17, 15) is 13.2 Å². The third-order valence-electron chi connectivity index (χ3n) is 4.17. The van der Waals surface area contributed by atoms with Crippen LogP contribution in [0.15, 0.2) is 16.3 Å². The van der Waals surface area contributed by atoms with Crippen molar-refractivity contribution >= 4 is 38.9 Å². The van der Waals surface area contributed by atoms with Crippen molar-refractivity contribution < 1.29 is 13.2 Å². The Morgan fingerprint density at radius 2 is 1.95 bits per heavy atom. The number of thiophene rings is 1. The molecular weight excluding hydrogens is 344 g/mol. The summed E-state index contributed by atoms with van der Waals surface area (Å²) in [5, 5.41) is 3.03. The maximum atomic E-state index is 12.4. The van der Waals surface area contributed by atoms with Gasteiger partial charge in [0, 0.05) is 13.1 Å². The SMILES string of the molecule is CN(CC(=O)NC(C1CC1)C1CC1)S(=O)(=O)c1ccc(Cl)s1. The Labute approximate surface area is 139 Å². The van der Waals surface area contributed by atoms with E-state index in [1.54, 1.807) is 6.07 Å². The Bertz CT molecular complexity index is 653. The molecule has 0 radical (unpaired) electrons. The van der Waals surface area contributed by atoms with E-state index in [1.165, 1.54) is 38.8 Å². The number of sulfonamides is 1. The standard InChI is InChI=1S/C14H19ClN2O3S2/c1-17(22(19,20)13-7-6-11(15)21-13)8-12(18)16-14(9-2-3-9)10-4-5-10/h6-7,9-10,14H,2-5,8H2,1H3,(H,16,18). The van der Waals surface area contributed by atoms with Crippen LogP contribution in [0.2, 0.25) is 4.34 Å². The van der Waals surface area contributed by atoms with Gasteiger partial charge >= 0.3 is 0 Å². The topological polar surface area (TPSA) is 66.5 Å². The average molecular weight is 363 g/mol. The van der Waals surface area contributed by atoms with Gasteiger partial charge in [0.1, 0.15) is 4.21 Å². The maximum absolute atomic E-state index is 12.4. The molecule has 1 amide bonds. The summed E-state index contributed by atoms with van der Waals surface area (Å²) in [6, 6.07) is 3.25. The molecule has 0 aromatic carbocycles. The third-order valence-corrected chi connectivity index (χ3v) is 7.67. The highest BCUT2D eigenvalue weighted by Crippen LogP contribution is 2.44. The molecule has 2 aliphatic carbocycles. The molecule has 22 heavy (non-hydrogen) atoms. The van der Waals surface area contributed by atoms with Crippen LogP contribution in [0.3, 0.4) is 0 Å². The molecule has 2 aliphatic rings. The van der Waals surface area contributed by atoms with Crippen LogP contribution in [-0.2, 0) is 14.8 Å². The number of nitrogens with zero attached hydrogens (tertiary/aromatic N) is 1. The lowest BCUT2D eigenvalue weighted by Crippen LogP contribution is -2.44. The van der Waals surface area contributed by atoms with Crippen LogP contribution in [0.25, 0.3) is 0 Å². The summed E-state index contributed by atoms with van der Waals surface area (Å²) in [5.41, 5.74) is 0. The first kappa shape index (κ1) is 16.2. The summed E-state index contributed by atoms with van der Waals surface area (Å²) in [6.07, 6.45) is 4.68. The van der Waals surface area contributed by atoms with Crippen molar-refractivity contribution in [2.45, 2.75) is 35.9 Å². The minimum atomic E-state index is -3.65. The van der Waals surface area contributed by atoms with Crippen LogP contribution in [-0.4, -0.2) is 38.3 Å². The second-order valence-electron chi connectivity index (χ2n) is 6.09. The van der Waals surface area contributed by atoms with E-state index in [0.29, 0.717) is 16.2 Å². The van der Waals surface area contributed by atoms with Crippen molar-refractivity contribution in [2.24, 2.45) is 11.8 Å². The van der Waals surface area contributed by atoms with Crippen LogP contribution >= 0.6 is 22.9 Å². The van der Waals surface area contributed by atoms with Gasteiger partial charge in [-0.25, -0.2) is 8.42 Å². The van der Waals surface area contributed by atoms with Gasteiger partial charge in [0.05, 0.1) is 10.9 Å². The summed E-state index contributed by atoms with van der Waals surface area (Å²) in [7, 11) is -2.23. The van der Waals surface area contributed by atoms with Crippen molar-refractivity contribution in [1.82, 2.24) is 9.62 Å². The predicted molar refractivity (Wildman–Crippen MR) is 86.5 cm³/mol. The lowest BCUT2D eigenvalue weighted by atomic mass is 10.1. The van der Waals surface area contributed by atoms with Gasteiger partial charge in [0.15, 0.2) is 0 Å². The number of likely N-dealkylation sites (N-methyl/N-ethyl adjacent to an activating group) is 1. The molecule has 5 nitrogen and oxygen atoms in total. The van der Waals surface area contributed by atoms with Crippen molar-refractivity contribution in [1.29, 1.82) is 0 Å². The number of rotatable bonds is 7. The molecule has 1 heterocycles. The fraction of sp³-hybridized carbons (Fsp3) is 0.643. The molecular formula is C14H19ClN2O3S2. The number of nitrogens with one attached hydrogen (secondary N) is 1. The first-order valence-corrected chi connectivity index (χ1v) is 10.0. The van der Waals surface area contributed by atoms with E-state index in [0.717, 1.165) is 15.6 Å². The third kappa shape index (κ3) is 3.64. The van der Waals surface area contributed by atoms with Crippen LogP contribution in [0.5, 0.6) is 0 Å². The molecule has 0 saturated heterocycles. The number of hydrogen-bond donors (Lipinski definition) is 1. The molecule has 2 saturated carbocycles. The fourth-order valence-corrected chi connectivity index (χ4v) is 5.46. The van der Waals surface area contributed by atoms with Crippen molar-refractivity contribution in [3.8, 4) is 0 Å². The number of hydrogen-bond acceptors (Lipinski definition) is 4. The Morgan fingerprint density at radius 1 is 1.36 bits per heavy atom. The largest absolute Gasteiger partial charge is 0.352 e. The molecule has 0 aliphatic heterocycles. The minimum Gasteiger partial charge on any atom is -0.352 e. The quantitative estimate of drug-likeness (QED) is 0.809. The monoisotopic (exact) mass is 362 g/mol. The van der Waals surface area contributed by atoms with Gasteiger partial charge in [0.2, 0.25) is 5.91 Å². The van der Waals surface area contributed by atoms with Crippen molar-refractivity contribution in [3.05, 3.63) is 16.5 Å². The fourth-order valence-electron chi connectivity index (χ4n) is 2.64. The minimum absolute atomic E-state index is 0.159. The first-order valence-electron chi connectivity index (χ1n) is 7.39. The Balaban J connectivity index is 1.60. The van der Waals surface area contributed by atoms with E-state index in [-0.39, 0.29) is 22.7 Å². The van der Waals surface area contributed by atoms with Gasteiger partial charge < -0.3 is 5.32 Å². The average Bonchev–Trinajstić information content (AvgIpc) is 3.35. The molecule has 0 bridgehead atoms. The highest BCUT2D eigenvalue weighted by atomic mass is 35.5. The van der Waals surface area contributed by atoms with E-state index >= 15 is 0 Å². The van der Waals surface area contributed by atoms with Crippen LogP contribution < -0.4 is 5.32 Å². The molecule has 8 heteroatoms. The number of carbonyl (C=O) groups excluding carboxylic acids is 1. The number of halogens is 1. The zero-order valence-corrected chi connectivity index (χ0v) is 14.7. The van der Waals surface area contributed by atoms with Gasteiger partial charge in [0.25, 0.3) is 10.0 Å². The van der Waals surface area contributed by atoms with E-state index in [4.69, 9.17) is 11.6 Å². The molecule has 0 unspecified atom stereocenters. The predicted octanol–water partition coefficient (Wildman–Crippen LogP) is 2.33. The highest BCUT2D eigenvalue weighted by molar-refractivity contribution is 7.91. The normalized spacial score (nSPS) is 18.9. The Kier molecular flexibility index (Phi) is 4.51. The summed E-state index contributed by atoms with van der Waals surface area (Å²) < 4.78 is 26.4. The molecule has 122 valence electrons. The number of amides is 1. The highest BCUT2D eigenvalue weighted by Gasteiger charge is 2.42. The molecule has 1 N–H and O–H groups in total. The summed E-state index contributed by atoms with van der Waals surface area (Å²) >= 11 is 6.78. The van der Waals surface area contributed by atoms with Crippen LogP contribution in [0, 0.1) is 11.8 Å². The molecule has 0 spiro atoms. The Morgan fingerprint density at radius 3 is 2.41 bits per heavy atom. The molecule has 1 aromatic rings. The maximum Gasteiger partial charge on any atom is 0.252 e. The van der Waals surface area contributed by atoms with Crippen LogP contribution in [0.4, 0.5) is 0 Å². The summed E-state index contributed by atoms with van der Waals surface area (Å²) in [6.45, 7) is -0.159. The smallest absolute Gasteiger partial charge is 0.252 e. The lowest BCUT2D eigenvalue weighted by molar-refractivity contribution is -0.122. The molecule has 0 atom stereocenters. The summed E-state index contributed by atoms with van der Waals surface area (Å²) in [5.74, 6) is 0.960. The van der Waals surface area contributed by atoms with Gasteiger partial charge in [-0.3, -0.25) is 4.79 Å². The summed E-state index contributed by atoms with van der Waals surface area (Å²) in [4.78, 5) is 12.2. The van der Waals surface area contributed by atoms with E-state index < -0.39 is 10.0 Å². The van der Waals surface area contributed by atoms with Gasteiger partial charge in [-0.1, -0.05) is 11.6 Å². The molecule has 2 fully saturated rings. The van der Waals surface area contributed by atoms with Crippen molar-refractivity contribution in [2.75, 3.05) is 13.6 Å². The number of carbonyl (C=O) groups is 1. The van der Waals surface area contributed by atoms with Gasteiger partial charge in [-0.05, 0) is 49.7 Å². The first-order chi connectivity index (χ1) is 10.4. The van der Waals surface area contributed by atoms with Crippen LogP contribution in [0.1, 0.15) is 25.7 Å². The van der Waals surface area contributed by atoms with Crippen molar-refractivity contribution in [3.63, 3.8) is 0 Å². The zero-order chi connectivity index (χ0) is 15.9. The van der Waals surface area contributed by atoms with E-state index in [1.807, 2.05) is 0 Å². The zero-order valence-electron chi connectivity index (χ0n) is 12.3. The van der Waals surface area contributed by atoms with Gasteiger partial charge in [-0.2, -0.15) is 4.31 Å². The second kappa shape index (κ2) is 6.11. The Hall–Kier alpha value is -0.630. The molecule has 3 rings (SSSR count). The molecule has 1 aromatic heterocycles.